The van der Waals surface area contributed by atoms with Crippen LogP contribution in [0.1, 0.15) is 33.2 Å². The van der Waals surface area contributed by atoms with Crippen molar-refractivity contribution in [2.75, 3.05) is 12.3 Å². The molecule has 0 saturated carbocycles. The Kier molecular flexibility index (Phi) is 7.03. The first-order valence-corrected chi connectivity index (χ1v) is 10.5. The number of benzene rings is 2. The van der Waals surface area contributed by atoms with Gasteiger partial charge in [-0.05, 0) is 52.8 Å². The molecule has 3 rings (SSSR count). The van der Waals surface area contributed by atoms with Crippen LogP contribution < -0.4 is 20.8 Å². The number of aromatic amines is 1. The molecule has 0 bridgehead atoms. The summed E-state index contributed by atoms with van der Waals surface area (Å²) in [5, 5.41) is 19.3. The minimum Gasteiger partial charge on any atom is -0.490 e. The second-order valence-electron chi connectivity index (χ2n) is 6.60. The molecular weight excluding hydrogens is 531 g/mol. The predicted molar refractivity (Wildman–Crippen MR) is 125 cm³/mol. The predicted octanol–water partition coefficient (Wildman–Crippen LogP) is 3.60. The fourth-order valence-corrected chi connectivity index (χ4v) is 3.94. The van der Waals surface area contributed by atoms with Crippen LogP contribution in [0.5, 0.6) is 11.5 Å². The van der Waals surface area contributed by atoms with Gasteiger partial charge in [-0.25, -0.2) is 9.59 Å². The minimum absolute atomic E-state index is 0.150. The zero-order valence-corrected chi connectivity index (χ0v) is 19.0. The van der Waals surface area contributed by atoms with E-state index in [-0.39, 0.29) is 30.1 Å². The lowest BCUT2D eigenvalue weighted by molar-refractivity contribution is 0.0695. The molecule has 0 aliphatic carbocycles. The van der Waals surface area contributed by atoms with Crippen molar-refractivity contribution in [3.63, 3.8) is 0 Å². The number of rotatable bonds is 8. The van der Waals surface area contributed by atoms with Crippen LogP contribution in [0.2, 0.25) is 0 Å². The number of aromatic nitrogens is 1. The molecule has 166 valence electrons. The van der Waals surface area contributed by atoms with E-state index in [0.717, 1.165) is 5.56 Å². The zero-order valence-electron chi connectivity index (χ0n) is 16.8. The number of carboxylic acids is 2. The molecule has 0 radical (unpaired) electrons. The van der Waals surface area contributed by atoms with Gasteiger partial charge in [0.1, 0.15) is 23.6 Å². The Labute approximate surface area is 195 Å². The van der Waals surface area contributed by atoms with Crippen LogP contribution in [0.15, 0.2) is 47.3 Å². The lowest BCUT2D eigenvalue weighted by Crippen LogP contribution is -2.24. The Morgan fingerprint density at radius 3 is 2.31 bits per heavy atom. The topological polar surface area (TPSA) is 152 Å². The zero-order chi connectivity index (χ0) is 23.4. The fourth-order valence-electron chi connectivity index (χ4n) is 3.18. The number of carbonyl (C=O) groups is 2. The Morgan fingerprint density at radius 1 is 1.06 bits per heavy atom. The van der Waals surface area contributed by atoms with Crippen molar-refractivity contribution >= 4 is 40.3 Å². The number of ether oxygens (including phenoxy) is 2. The summed E-state index contributed by atoms with van der Waals surface area (Å²) in [5.74, 6) is -2.82. The molecular formula is C22H19IN2O7. The van der Waals surface area contributed by atoms with Gasteiger partial charge in [0.25, 0.3) is 5.56 Å². The Hall–Kier alpha value is -3.54. The molecule has 0 fully saturated rings. The quantitative estimate of drug-likeness (QED) is 0.311. The third kappa shape index (κ3) is 4.69. The summed E-state index contributed by atoms with van der Waals surface area (Å²) in [7, 11) is 0. The maximum atomic E-state index is 12.3. The molecule has 32 heavy (non-hydrogen) atoms. The Bertz CT molecular complexity index is 1240. The van der Waals surface area contributed by atoms with Crippen molar-refractivity contribution in [3.05, 3.63) is 73.1 Å². The Balaban J connectivity index is 2.20. The van der Waals surface area contributed by atoms with Crippen LogP contribution in [-0.4, -0.2) is 33.7 Å². The highest BCUT2D eigenvalue weighted by atomic mass is 127. The summed E-state index contributed by atoms with van der Waals surface area (Å²) < 4.78 is 12.2. The molecule has 0 aliphatic heterocycles. The third-order valence-electron chi connectivity index (χ3n) is 4.50. The number of hydrogen-bond donors (Lipinski definition) is 4. The SMILES string of the molecule is CCOc1cc(-c2c(C(=O)O)c(N)[nH]c(=O)c2C(=O)O)cc(I)c1OCc1ccccc1. The van der Waals surface area contributed by atoms with E-state index in [4.69, 9.17) is 15.2 Å². The van der Waals surface area contributed by atoms with Gasteiger partial charge >= 0.3 is 11.9 Å². The van der Waals surface area contributed by atoms with Crippen LogP contribution in [0.3, 0.4) is 0 Å². The maximum Gasteiger partial charge on any atom is 0.342 e. The van der Waals surface area contributed by atoms with Crippen molar-refractivity contribution in [2.45, 2.75) is 13.5 Å². The van der Waals surface area contributed by atoms with Crippen molar-refractivity contribution in [1.82, 2.24) is 4.98 Å². The van der Waals surface area contributed by atoms with Gasteiger partial charge in [-0.3, -0.25) is 4.79 Å². The second kappa shape index (κ2) is 9.73. The van der Waals surface area contributed by atoms with Crippen LogP contribution in [-0.2, 0) is 6.61 Å². The minimum atomic E-state index is -1.58. The summed E-state index contributed by atoms with van der Waals surface area (Å²) in [4.78, 5) is 38.1. The summed E-state index contributed by atoms with van der Waals surface area (Å²) >= 11 is 1.98. The van der Waals surface area contributed by atoms with E-state index in [1.54, 1.807) is 6.92 Å². The van der Waals surface area contributed by atoms with Gasteiger partial charge < -0.3 is 30.4 Å². The van der Waals surface area contributed by atoms with Crippen LogP contribution in [0.25, 0.3) is 11.1 Å². The van der Waals surface area contributed by atoms with Gasteiger partial charge in [-0.1, -0.05) is 30.3 Å². The first-order valence-electron chi connectivity index (χ1n) is 9.40. The van der Waals surface area contributed by atoms with Gasteiger partial charge in [0.15, 0.2) is 11.5 Å². The number of halogens is 1. The second-order valence-corrected chi connectivity index (χ2v) is 7.76. The number of pyridine rings is 1. The van der Waals surface area contributed by atoms with E-state index in [1.165, 1.54) is 12.1 Å². The largest absolute Gasteiger partial charge is 0.490 e. The van der Waals surface area contributed by atoms with E-state index in [9.17, 15) is 24.6 Å². The highest BCUT2D eigenvalue weighted by molar-refractivity contribution is 14.1. The number of H-pyrrole nitrogens is 1. The molecule has 1 heterocycles. The lowest BCUT2D eigenvalue weighted by atomic mass is 9.95. The molecule has 0 spiro atoms. The van der Waals surface area contributed by atoms with E-state index in [2.05, 4.69) is 4.98 Å². The number of carboxylic acid groups (broad SMARTS) is 2. The highest BCUT2D eigenvalue weighted by Gasteiger charge is 2.28. The van der Waals surface area contributed by atoms with Crippen molar-refractivity contribution in [3.8, 4) is 22.6 Å². The van der Waals surface area contributed by atoms with Gasteiger partial charge in [-0.2, -0.15) is 0 Å². The van der Waals surface area contributed by atoms with Gasteiger partial charge in [0.2, 0.25) is 0 Å². The molecule has 0 aliphatic rings. The molecule has 0 saturated heterocycles. The van der Waals surface area contributed by atoms with E-state index in [0.29, 0.717) is 9.32 Å². The van der Waals surface area contributed by atoms with Crippen molar-refractivity contribution in [1.29, 1.82) is 0 Å². The number of nitrogens with one attached hydrogen (secondary N) is 1. The molecule has 0 amide bonds. The average molecular weight is 550 g/mol. The van der Waals surface area contributed by atoms with Crippen molar-refractivity contribution in [2.24, 2.45) is 0 Å². The molecule has 0 unspecified atom stereocenters. The molecule has 3 aromatic rings. The third-order valence-corrected chi connectivity index (χ3v) is 5.30. The molecule has 2 aromatic carbocycles. The highest BCUT2D eigenvalue weighted by Crippen LogP contribution is 2.40. The molecule has 1 aromatic heterocycles. The summed E-state index contributed by atoms with van der Waals surface area (Å²) in [6.45, 7) is 2.29. The van der Waals surface area contributed by atoms with Gasteiger partial charge in [0, 0.05) is 5.56 Å². The molecule has 10 heteroatoms. The molecule has 0 atom stereocenters. The fraction of sp³-hybridized carbons (Fsp3) is 0.136. The van der Waals surface area contributed by atoms with Crippen LogP contribution in [0.4, 0.5) is 5.82 Å². The summed E-state index contributed by atoms with van der Waals surface area (Å²) in [5.41, 5.74) is 4.24. The number of nitrogen functional groups attached to an aromatic ring is 1. The lowest BCUT2D eigenvalue weighted by Gasteiger charge is -2.18. The normalized spacial score (nSPS) is 10.6. The number of hydrogen-bond acceptors (Lipinski definition) is 6. The van der Waals surface area contributed by atoms with Gasteiger partial charge in [0.05, 0.1) is 10.2 Å². The molecule has 9 nitrogen and oxygen atoms in total. The number of anilines is 1. The van der Waals surface area contributed by atoms with E-state index >= 15 is 0 Å². The smallest absolute Gasteiger partial charge is 0.342 e. The first kappa shape index (κ1) is 23.1. The van der Waals surface area contributed by atoms with E-state index < -0.39 is 34.4 Å². The Morgan fingerprint density at radius 2 is 1.72 bits per heavy atom. The average Bonchev–Trinajstić information content (AvgIpc) is 2.72. The number of nitrogens with two attached hydrogens (primary N) is 1. The van der Waals surface area contributed by atoms with Crippen LogP contribution >= 0.6 is 22.6 Å². The maximum absolute atomic E-state index is 12.3. The van der Waals surface area contributed by atoms with Crippen molar-refractivity contribution < 1.29 is 29.3 Å². The summed E-state index contributed by atoms with van der Waals surface area (Å²) in [6, 6.07) is 12.4. The van der Waals surface area contributed by atoms with Crippen LogP contribution in [0, 0.1) is 3.57 Å². The summed E-state index contributed by atoms with van der Waals surface area (Å²) in [6.07, 6.45) is 0. The number of aromatic carboxylic acids is 2. The van der Waals surface area contributed by atoms with Gasteiger partial charge in [-0.15, -0.1) is 0 Å². The molecule has 5 N–H and O–H groups in total. The monoisotopic (exact) mass is 550 g/mol. The first-order chi connectivity index (χ1) is 15.2. The standard InChI is InChI=1S/C22H19IN2O7/c1-2-31-14-9-12(8-13(23)18(14)32-10-11-6-4-3-5-7-11)15-16(21(27)28)19(24)25-20(26)17(15)22(29)30/h3-9H,2,10H2,1H3,(H,27,28)(H,29,30)(H3,24,25,26). The van der Waals surface area contributed by atoms with E-state index in [1.807, 2.05) is 52.9 Å².